The molecule has 10 heteroatoms. The van der Waals surface area contributed by atoms with Crippen LogP contribution in [0.15, 0.2) is 42.5 Å². The Labute approximate surface area is 245 Å². The minimum atomic E-state index is -3.66. The highest BCUT2D eigenvalue weighted by atomic mass is 32.2. The maximum absolute atomic E-state index is 15.8. The lowest BCUT2D eigenvalue weighted by atomic mass is 9.93. The number of β-amino-alcohol motifs (C(OH)–C–C–N with tert-alkyl or cyclic N) is 1. The van der Waals surface area contributed by atoms with Crippen molar-refractivity contribution in [3.8, 4) is 0 Å². The van der Waals surface area contributed by atoms with E-state index in [0.717, 1.165) is 29.1 Å². The van der Waals surface area contributed by atoms with Crippen LogP contribution < -0.4 is 20.3 Å². The summed E-state index contributed by atoms with van der Waals surface area (Å²) in [6.07, 6.45) is 2.90. The van der Waals surface area contributed by atoms with Gasteiger partial charge in [-0.15, -0.1) is 0 Å². The van der Waals surface area contributed by atoms with Gasteiger partial charge in [0.05, 0.1) is 29.1 Å². The molecular formula is C31H47FN4O4S. The number of sulfonamides is 1. The van der Waals surface area contributed by atoms with Crippen LogP contribution in [0.25, 0.3) is 0 Å². The SMILES string of the molecule is CCNc1cc(C(=O)N[C@@H](Cc2ccccc2)[C@H](O)CNC(C)(C)CCCC(C)C)c(F)c(N2CCCS2(=O)=O)c1. The van der Waals surface area contributed by atoms with E-state index < -0.39 is 33.9 Å². The molecule has 2 aromatic rings. The fourth-order valence-electron chi connectivity index (χ4n) is 5.13. The minimum absolute atomic E-state index is 0.0639. The Morgan fingerprint density at radius 2 is 1.88 bits per heavy atom. The average molecular weight is 591 g/mol. The number of benzene rings is 2. The van der Waals surface area contributed by atoms with E-state index >= 15 is 4.39 Å². The summed E-state index contributed by atoms with van der Waals surface area (Å²) in [6.45, 7) is 11.4. The molecule has 1 amide bonds. The molecule has 4 N–H and O–H groups in total. The van der Waals surface area contributed by atoms with E-state index in [1.807, 2.05) is 37.3 Å². The number of hydrogen-bond donors (Lipinski definition) is 4. The molecular weight excluding hydrogens is 543 g/mol. The molecule has 41 heavy (non-hydrogen) atoms. The summed E-state index contributed by atoms with van der Waals surface area (Å²) >= 11 is 0. The number of rotatable bonds is 15. The molecule has 0 spiro atoms. The molecule has 0 radical (unpaired) electrons. The molecule has 1 aliphatic heterocycles. The monoisotopic (exact) mass is 590 g/mol. The number of nitrogens with one attached hydrogen (secondary N) is 3. The van der Waals surface area contributed by atoms with Crippen LogP contribution in [0.3, 0.4) is 0 Å². The molecule has 3 rings (SSSR count). The topological polar surface area (TPSA) is 111 Å². The van der Waals surface area contributed by atoms with Crippen molar-refractivity contribution >= 4 is 27.3 Å². The van der Waals surface area contributed by atoms with Crippen molar-refractivity contribution in [2.45, 2.75) is 84.4 Å². The first-order chi connectivity index (χ1) is 19.3. The molecule has 2 aromatic carbocycles. The summed E-state index contributed by atoms with van der Waals surface area (Å²) in [6, 6.07) is 11.6. The van der Waals surface area contributed by atoms with E-state index in [-0.39, 0.29) is 35.6 Å². The van der Waals surface area contributed by atoms with Crippen LogP contribution in [0, 0.1) is 11.7 Å². The number of amides is 1. The van der Waals surface area contributed by atoms with Gasteiger partial charge in [-0.05, 0) is 63.6 Å². The number of carbonyl (C=O) groups is 1. The van der Waals surface area contributed by atoms with Gasteiger partial charge in [0.1, 0.15) is 0 Å². The first kappa shape index (κ1) is 32.8. The number of aliphatic hydroxyl groups is 1. The van der Waals surface area contributed by atoms with Crippen molar-refractivity contribution in [1.82, 2.24) is 10.6 Å². The zero-order chi connectivity index (χ0) is 30.2. The summed E-state index contributed by atoms with van der Waals surface area (Å²) in [5.74, 6) is -1.05. The van der Waals surface area contributed by atoms with Crippen molar-refractivity contribution < 1.29 is 22.7 Å². The van der Waals surface area contributed by atoms with Gasteiger partial charge in [-0.25, -0.2) is 12.8 Å². The highest BCUT2D eigenvalue weighted by molar-refractivity contribution is 7.93. The number of carbonyl (C=O) groups excluding carboxylic acids is 1. The minimum Gasteiger partial charge on any atom is -0.390 e. The molecule has 1 aliphatic rings. The molecule has 0 unspecified atom stereocenters. The Hall–Kier alpha value is -2.69. The van der Waals surface area contributed by atoms with Gasteiger partial charge < -0.3 is 21.1 Å². The zero-order valence-corrected chi connectivity index (χ0v) is 25.9. The van der Waals surface area contributed by atoms with E-state index in [1.165, 1.54) is 12.1 Å². The lowest BCUT2D eigenvalue weighted by Crippen LogP contribution is -2.52. The molecule has 0 aliphatic carbocycles. The van der Waals surface area contributed by atoms with E-state index in [0.29, 0.717) is 31.0 Å². The first-order valence-electron chi connectivity index (χ1n) is 14.7. The second-order valence-corrected chi connectivity index (χ2v) is 14.0. The Morgan fingerprint density at radius 3 is 2.49 bits per heavy atom. The maximum Gasteiger partial charge on any atom is 0.254 e. The summed E-state index contributed by atoms with van der Waals surface area (Å²) in [5, 5.41) is 20.7. The summed E-state index contributed by atoms with van der Waals surface area (Å²) < 4.78 is 42.0. The summed E-state index contributed by atoms with van der Waals surface area (Å²) in [4.78, 5) is 13.6. The molecule has 1 heterocycles. The molecule has 1 fully saturated rings. The van der Waals surface area contributed by atoms with Gasteiger partial charge in [-0.2, -0.15) is 0 Å². The average Bonchev–Trinajstić information content (AvgIpc) is 3.26. The molecule has 1 saturated heterocycles. The first-order valence-corrected chi connectivity index (χ1v) is 16.3. The van der Waals surface area contributed by atoms with Crippen LogP contribution in [0.1, 0.15) is 76.2 Å². The van der Waals surface area contributed by atoms with Gasteiger partial charge in [0, 0.05) is 30.9 Å². The molecule has 0 aromatic heterocycles. The number of anilines is 2. The predicted octanol–water partition coefficient (Wildman–Crippen LogP) is 4.69. The Balaban J connectivity index is 1.85. The summed E-state index contributed by atoms with van der Waals surface area (Å²) in [5.41, 5.74) is 0.739. The molecule has 2 atom stereocenters. The van der Waals surface area contributed by atoms with Crippen molar-refractivity contribution in [3.63, 3.8) is 0 Å². The molecule has 228 valence electrons. The third-order valence-corrected chi connectivity index (χ3v) is 9.35. The van der Waals surface area contributed by atoms with Crippen LogP contribution in [0.4, 0.5) is 15.8 Å². The van der Waals surface area contributed by atoms with Crippen molar-refractivity contribution in [2.24, 2.45) is 5.92 Å². The fraction of sp³-hybridized carbons (Fsp3) is 0.581. The fourth-order valence-corrected chi connectivity index (χ4v) is 6.69. The third-order valence-electron chi connectivity index (χ3n) is 7.50. The molecule has 0 bridgehead atoms. The van der Waals surface area contributed by atoms with E-state index in [9.17, 15) is 18.3 Å². The Bertz CT molecular complexity index is 1250. The third kappa shape index (κ3) is 9.41. The maximum atomic E-state index is 15.8. The van der Waals surface area contributed by atoms with Crippen LogP contribution >= 0.6 is 0 Å². The second kappa shape index (κ2) is 14.5. The largest absolute Gasteiger partial charge is 0.390 e. The lowest BCUT2D eigenvalue weighted by Gasteiger charge is -2.31. The zero-order valence-electron chi connectivity index (χ0n) is 25.0. The number of halogens is 1. The van der Waals surface area contributed by atoms with Gasteiger partial charge >= 0.3 is 0 Å². The number of hydrogen-bond acceptors (Lipinski definition) is 6. The summed E-state index contributed by atoms with van der Waals surface area (Å²) in [7, 11) is -3.66. The van der Waals surface area contributed by atoms with Crippen LogP contribution in [0.5, 0.6) is 0 Å². The Morgan fingerprint density at radius 1 is 1.17 bits per heavy atom. The normalized spacial score (nSPS) is 16.5. The van der Waals surface area contributed by atoms with Crippen LogP contribution in [-0.2, 0) is 16.4 Å². The van der Waals surface area contributed by atoms with E-state index in [1.54, 1.807) is 0 Å². The quantitative estimate of drug-likeness (QED) is 0.240. The van der Waals surface area contributed by atoms with Gasteiger partial charge in [-0.3, -0.25) is 9.10 Å². The van der Waals surface area contributed by atoms with Gasteiger partial charge in [0.2, 0.25) is 10.0 Å². The van der Waals surface area contributed by atoms with Gasteiger partial charge in [0.25, 0.3) is 5.91 Å². The van der Waals surface area contributed by atoms with Gasteiger partial charge in [0.15, 0.2) is 5.82 Å². The van der Waals surface area contributed by atoms with E-state index in [2.05, 4.69) is 43.6 Å². The Kier molecular flexibility index (Phi) is 11.6. The van der Waals surface area contributed by atoms with E-state index in [4.69, 9.17) is 0 Å². The highest BCUT2D eigenvalue weighted by Gasteiger charge is 2.33. The van der Waals surface area contributed by atoms with Crippen molar-refractivity contribution in [1.29, 1.82) is 0 Å². The number of aliphatic hydroxyl groups excluding tert-OH is 1. The van der Waals surface area contributed by atoms with Crippen molar-refractivity contribution in [3.05, 3.63) is 59.4 Å². The molecule has 0 saturated carbocycles. The van der Waals surface area contributed by atoms with Crippen LogP contribution in [0.2, 0.25) is 0 Å². The lowest BCUT2D eigenvalue weighted by molar-refractivity contribution is 0.0808. The smallest absolute Gasteiger partial charge is 0.254 e. The highest BCUT2D eigenvalue weighted by Crippen LogP contribution is 2.32. The molecule has 8 nitrogen and oxygen atoms in total. The van der Waals surface area contributed by atoms with Crippen LogP contribution in [-0.4, -0.2) is 62.5 Å². The van der Waals surface area contributed by atoms with Gasteiger partial charge in [-0.1, -0.05) is 57.0 Å². The second-order valence-electron chi connectivity index (χ2n) is 12.0. The van der Waals surface area contributed by atoms with Crippen molar-refractivity contribution in [2.75, 3.05) is 35.0 Å². The number of nitrogens with zero attached hydrogens (tertiary/aromatic N) is 1. The standard InChI is InChI=1S/C31H47FN4O4S/c1-6-33-24-19-25(29(32)27(20-24)36-16-11-17-41(36,39)40)30(38)35-26(18-23-13-8-7-9-14-23)28(37)21-34-31(4,5)15-10-12-22(2)3/h7-9,13-14,19-20,22,26,28,33-34,37H,6,10-12,15-18,21H2,1-5H3,(H,35,38)/t26-,28+/m0/s1. The predicted molar refractivity (Wildman–Crippen MR) is 164 cm³/mol.